The summed E-state index contributed by atoms with van der Waals surface area (Å²) in [6, 6.07) is 20.6. The highest BCUT2D eigenvalue weighted by Crippen LogP contribution is 2.34. The fourth-order valence-corrected chi connectivity index (χ4v) is 8.54. The summed E-state index contributed by atoms with van der Waals surface area (Å²) in [5.74, 6) is 5.00. The van der Waals surface area contributed by atoms with Gasteiger partial charge in [-0.1, -0.05) is 86.0 Å². The summed E-state index contributed by atoms with van der Waals surface area (Å²) in [5.41, 5.74) is 9.27. The van der Waals surface area contributed by atoms with Crippen molar-refractivity contribution in [2.45, 2.75) is 54.8 Å². The number of hydrogen-bond acceptors (Lipinski definition) is 11. The normalized spacial score (nSPS) is 18.6. The van der Waals surface area contributed by atoms with Crippen LogP contribution < -0.4 is 42.2 Å². The van der Waals surface area contributed by atoms with Gasteiger partial charge < -0.3 is 41.4 Å². The quantitative estimate of drug-likeness (QED) is 0.0358. The number of urea groups is 2. The number of nitrogens with zero attached hydrogens (tertiary/aromatic N) is 2. The van der Waals surface area contributed by atoms with Gasteiger partial charge in [-0.05, 0) is 95.1 Å². The summed E-state index contributed by atoms with van der Waals surface area (Å²) in [6.45, 7) is 0.209. The molecule has 17 nitrogen and oxygen atoms in total. The van der Waals surface area contributed by atoms with Crippen LogP contribution in [0.15, 0.2) is 118 Å². The van der Waals surface area contributed by atoms with Crippen LogP contribution in [0.3, 0.4) is 0 Å². The standard InChI is InChI=1S/C23H19F3N4O4.C15H13N3O4.C8H7BrF3N.C8H4BrF3O/c1-34-16-7-6-15-11-30(19(31)17(15)10-16)12-22(20(32)28-21(33)29-22)9-8-13-2-4-14(5-3-13)18(27)23(24,25)26;1-3-15(13(20)16-14(21)17-15)8-18-7-9-4-5-10(22-2)6-11(9)12(18)19;2*9-6-3-1-5(2-4-6)7(13)8(10,11)12/h2-7,10,18H,11-12,27H2,1H3,(H2,28,29,32,33);1,4-6H,7-8H2,2H3,(H2,16,17,20,21);1-4,7H,13H2;1-4H/t18?,22-;15-;;/m11../s1. The molecule has 4 atom stereocenters. The molecule has 0 bridgehead atoms. The second-order valence-corrected chi connectivity index (χ2v) is 19.8. The third-order valence-electron chi connectivity index (χ3n) is 12.4. The topological polar surface area (TPSA) is 245 Å². The lowest BCUT2D eigenvalue weighted by Crippen LogP contribution is -2.54. The zero-order valence-corrected chi connectivity index (χ0v) is 45.5. The molecule has 5 aromatic rings. The molecule has 9 rings (SSSR count). The number of carbonyl (C=O) groups is 7. The number of Topliss-reactive ketones (excluding diaryl/α,β-unsaturated/α-hetero) is 1. The maximum atomic E-state index is 12.9. The molecule has 82 heavy (non-hydrogen) atoms. The minimum Gasteiger partial charge on any atom is -0.497 e. The first kappa shape index (κ1) is 62.8. The smallest absolute Gasteiger partial charge is 0.454 e. The van der Waals surface area contributed by atoms with Gasteiger partial charge in [-0.3, -0.25) is 34.6 Å². The molecule has 8 amide bonds. The van der Waals surface area contributed by atoms with Crippen LogP contribution in [0.2, 0.25) is 0 Å². The second-order valence-electron chi connectivity index (χ2n) is 17.9. The number of rotatable bonds is 9. The number of ether oxygens (including phenoxy) is 2. The van der Waals surface area contributed by atoms with Crippen molar-refractivity contribution in [2.75, 3.05) is 27.3 Å². The Balaban J connectivity index is 0.000000192. The third kappa shape index (κ3) is 14.9. The fourth-order valence-electron chi connectivity index (χ4n) is 8.01. The SMILES string of the molecule is C#C[C@]1(CN2Cc3ccc(OC)cc3C2=O)NC(=O)NC1=O.COc1ccc2c(c1)C(=O)N(C[C@@]1(C#Cc3ccc(C(N)C(F)(F)F)cc3)NC(=O)NC1=O)C2.NC(c1ccc(Br)cc1)C(F)(F)F.O=C(c1ccc(Br)cc1)C(F)(F)F. The molecule has 0 aromatic heterocycles. The predicted molar refractivity (Wildman–Crippen MR) is 281 cm³/mol. The highest BCUT2D eigenvalue weighted by atomic mass is 79.9. The highest BCUT2D eigenvalue weighted by molar-refractivity contribution is 9.10. The third-order valence-corrected chi connectivity index (χ3v) is 13.4. The van der Waals surface area contributed by atoms with Gasteiger partial charge in [0.1, 0.15) is 23.6 Å². The second kappa shape index (κ2) is 25.1. The zero-order valence-electron chi connectivity index (χ0n) is 42.3. The molecule has 430 valence electrons. The van der Waals surface area contributed by atoms with Crippen LogP contribution in [0.25, 0.3) is 0 Å². The van der Waals surface area contributed by atoms with Crippen LogP contribution in [0.4, 0.5) is 49.1 Å². The number of benzene rings is 5. The number of hydrogen-bond donors (Lipinski definition) is 6. The van der Waals surface area contributed by atoms with Crippen LogP contribution in [-0.4, -0.2) is 108 Å². The molecule has 28 heteroatoms. The van der Waals surface area contributed by atoms with E-state index in [0.29, 0.717) is 39.2 Å². The van der Waals surface area contributed by atoms with E-state index in [2.05, 4.69) is 70.9 Å². The van der Waals surface area contributed by atoms with E-state index in [9.17, 15) is 73.1 Å². The molecular weight excluding hydrogens is 1240 g/mol. The molecule has 0 spiro atoms. The van der Waals surface area contributed by atoms with E-state index >= 15 is 0 Å². The number of fused-ring (bicyclic) bond motifs is 2. The first-order valence-corrected chi connectivity index (χ1v) is 25.0. The van der Waals surface area contributed by atoms with Gasteiger partial charge in [0.05, 0.1) is 27.3 Å². The number of imide groups is 2. The average molecular weight is 1280 g/mol. The summed E-state index contributed by atoms with van der Waals surface area (Å²) in [6.07, 6.45) is -8.36. The van der Waals surface area contributed by atoms with Gasteiger partial charge in [0, 0.05) is 44.3 Å². The number of ketones is 1. The lowest BCUT2D eigenvalue weighted by Gasteiger charge is -2.26. The largest absolute Gasteiger partial charge is 0.497 e. The number of carbonyl (C=O) groups excluding carboxylic acids is 7. The average Bonchev–Trinajstić information content (AvgIpc) is 3.27. The Kier molecular flexibility index (Phi) is 19.2. The maximum Gasteiger partial charge on any atom is 0.454 e. The molecule has 5 aromatic carbocycles. The van der Waals surface area contributed by atoms with Crippen molar-refractivity contribution in [1.29, 1.82) is 0 Å². The molecule has 0 saturated carbocycles. The Hall–Kier alpha value is -8.44. The number of nitrogens with one attached hydrogen (secondary N) is 4. The number of nitrogens with two attached hydrogens (primary N) is 2. The number of methoxy groups -OCH3 is 2. The van der Waals surface area contributed by atoms with Gasteiger partial charge in [-0.2, -0.15) is 39.5 Å². The monoisotopic (exact) mass is 1280 g/mol. The zero-order chi connectivity index (χ0) is 60.7. The van der Waals surface area contributed by atoms with E-state index in [1.165, 1.54) is 84.7 Å². The van der Waals surface area contributed by atoms with Crippen molar-refractivity contribution in [3.63, 3.8) is 0 Å². The highest BCUT2D eigenvalue weighted by Gasteiger charge is 2.50. The first-order chi connectivity index (χ1) is 38.3. The van der Waals surface area contributed by atoms with Crippen LogP contribution in [0, 0.1) is 24.2 Å². The van der Waals surface area contributed by atoms with Crippen molar-refractivity contribution >= 4 is 73.3 Å². The summed E-state index contributed by atoms with van der Waals surface area (Å²) >= 11 is 6.18. The predicted octanol–water partition coefficient (Wildman–Crippen LogP) is 7.91. The Morgan fingerprint density at radius 1 is 0.622 bits per heavy atom. The van der Waals surface area contributed by atoms with Crippen LogP contribution in [-0.2, 0) is 22.7 Å². The molecule has 2 fully saturated rings. The van der Waals surface area contributed by atoms with Gasteiger partial charge in [0.25, 0.3) is 29.4 Å². The molecule has 4 heterocycles. The first-order valence-electron chi connectivity index (χ1n) is 23.4. The van der Waals surface area contributed by atoms with Gasteiger partial charge in [0.2, 0.25) is 5.54 Å². The van der Waals surface area contributed by atoms with E-state index in [-0.39, 0.29) is 48.1 Å². The van der Waals surface area contributed by atoms with Crippen molar-refractivity contribution in [3.05, 3.63) is 163 Å². The minimum absolute atomic E-state index is 0.0655. The van der Waals surface area contributed by atoms with E-state index in [4.69, 9.17) is 27.4 Å². The molecule has 8 N–H and O–H groups in total. The van der Waals surface area contributed by atoms with E-state index in [1.54, 1.807) is 36.4 Å². The van der Waals surface area contributed by atoms with Gasteiger partial charge in [0.15, 0.2) is 5.54 Å². The summed E-state index contributed by atoms with van der Waals surface area (Å²) in [7, 11) is 3.00. The van der Waals surface area contributed by atoms with Crippen molar-refractivity contribution in [1.82, 2.24) is 31.1 Å². The Morgan fingerprint density at radius 3 is 1.38 bits per heavy atom. The van der Waals surface area contributed by atoms with Gasteiger partial charge in [-0.25, -0.2) is 9.59 Å². The Bertz CT molecular complexity index is 3400. The molecule has 4 aliphatic heterocycles. The minimum atomic E-state index is -4.80. The number of amides is 8. The molecule has 4 aliphatic rings. The fraction of sp³-hybridized carbons (Fsp3) is 0.241. The molecular formula is C54H43Br2F9N8O9. The molecule has 0 radical (unpaired) electrons. The Morgan fingerprint density at radius 2 is 1.01 bits per heavy atom. The maximum absolute atomic E-state index is 12.9. The number of halogens is 11. The summed E-state index contributed by atoms with van der Waals surface area (Å²) in [4.78, 5) is 86.6. The van der Waals surface area contributed by atoms with Crippen LogP contribution in [0.1, 0.15) is 71.0 Å². The van der Waals surface area contributed by atoms with Gasteiger partial charge in [-0.15, -0.1) is 6.42 Å². The number of terminal acetylenes is 1. The lowest BCUT2D eigenvalue weighted by molar-refractivity contribution is -0.149. The van der Waals surface area contributed by atoms with Crippen LogP contribution >= 0.6 is 31.9 Å². The molecule has 0 aliphatic carbocycles. The lowest BCUT2D eigenvalue weighted by atomic mass is 9.98. The van der Waals surface area contributed by atoms with E-state index < -0.39 is 71.4 Å². The van der Waals surface area contributed by atoms with Crippen molar-refractivity contribution in [2.24, 2.45) is 11.5 Å². The summed E-state index contributed by atoms with van der Waals surface area (Å²) < 4.78 is 122. The van der Waals surface area contributed by atoms with Gasteiger partial charge >= 0.3 is 30.6 Å². The van der Waals surface area contributed by atoms with Crippen molar-refractivity contribution < 1.29 is 82.5 Å². The number of alkyl halides is 9. The van der Waals surface area contributed by atoms with Crippen molar-refractivity contribution in [3.8, 4) is 35.7 Å². The van der Waals surface area contributed by atoms with E-state index in [0.717, 1.165) is 27.7 Å². The molecule has 2 unspecified atom stereocenters. The molecule has 2 saturated heterocycles. The summed E-state index contributed by atoms with van der Waals surface area (Å²) in [5, 5.41) is 9.10. The van der Waals surface area contributed by atoms with E-state index in [1.807, 2.05) is 0 Å². The van der Waals surface area contributed by atoms with Crippen LogP contribution in [0.5, 0.6) is 11.5 Å². The Labute approximate surface area is 476 Å².